The van der Waals surface area contributed by atoms with Crippen LogP contribution in [0.5, 0.6) is 5.75 Å². The Kier molecular flexibility index (Phi) is 2.56. The van der Waals surface area contributed by atoms with Crippen molar-refractivity contribution < 1.29 is 4.74 Å². The minimum Gasteiger partial charge on any atom is -0.488 e. The number of benzene rings is 3. The lowest BCUT2D eigenvalue weighted by molar-refractivity contribution is 0.305. The van der Waals surface area contributed by atoms with Crippen LogP contribution in [-0.4, -0.2) is 0 Å². The molecule has 3 aromatic rings. The van der Waals surface area contributed by atoms with Crippen molar-refractivity contribution in [1.82, 2.24) is 0 Å². The van der Waals surface area contributed by atoms with Crippen LogP contribution in [0.15, 0.2) is 60.7 Å². The van der Waals surface area contributed by atoms with E-state index in [0.717, 1.165) is 11.3 Å². The Bertz CT molecular complexity index is 815. The molecule has 1 nitrogen and oxygen atoms in total. The van der Waals surface area contributed by atoms with Crippen LogP contribution in [0.3, 0.4) is 0 Å². The van der Waals surface area contributed by atoms with Crippen LogP contribution in [0, 0.1) is 0 Å². The van der Waals surface area contributed by atoms with E-state index in [1.54, 1.807) is 0 Å². The van der Waals surface area contributed by atoms with Gasteiger partial charge in [0.2, 0.25) is 0 Å². The molecule has 3 aromatic carbocycles. The molecule has 0 fully saturated rings. The van der Waals surface area contributed by atoms with Gasteiger partial charge in [-0.05, 0) is 28.0 Å². The molecule has 0 aromatic heterocycles. The number of fused-ring (bicyclic) bond motifs is 4. The SMILES string of the molecule is C1=C\c2c(ccc3ccccc23)OCc2ccccc2/1. The number of rotatable bonds is 0. The van der Waals surface area contributed by atoms with Gasteiger partial charge in [0.25, 0.3) is 0 Å². The van der Waals surface area contributed by atoms with E-state index in [0.29, 0.717) is 6.61 Å². The second kappa shape index (κ2) is 4.53. The van der Waals surface area contributed by atoms with E-state index in [1.165, 1.54) is 21.9 Å². The fourth-order valence-electron chi connectivity index (χ4n) is 2.73. The molecule has 1 heterocycles. The van der Waals surface area contributed by atoms with Gasteiger partial charge in [-0.25, -0.2) is 0 Å². The Morgan fingerprint density at radius 3 is 2.60 bits per heavy atom. The molecular weight excluding hydrogens is 244 g/mol. The summed E-state index contributed by atoms with van der Waals surface area (Å²) in [6.07, 6.45) is 4.35. The minimum absolute atomic E-state index is 0.617. The predicted molar refractivity (Wildman–Crippen MR) is 83.7 cm³/mol. The third kappa shape index (κ3) is 1.79. The third-order valence-electron chi connectivity index (χ3n) is 3.80. The topological polar surface area (TPSA) is 9.23 Å². The number of hydrogen-bond acceptors (Lipinski definition) is 1. The maximum Gasteiger partial charge on any atom is 0.127 e. The molecule has 1 heteroatoms. The lowest BCUT2D eigenvalue weighted by Crippen LogP contribution is -2.01. The van der Waals surface area contributed by atoms with E-state index in [4.69, 9.17) is 4.74 Å². The average Bonchev–Trinajstić information content (AvgIpc) is 2.49. The summed E-state index contributed by atoms with van der Waals surface area (Å²) >= 11 is 0. The van der Waals surface area contributed by atoms with Crippen molar-refractivity contribution in [3.63, 3.8) is 0 Å². The van der Waals surface area contributed by atoms with Gasteiger partial charge in [0.1, 0.15) is 12.4 Å². The first kappa shape index (κ1) is 11.3. The molecule has 0 amide bonds. The summed E-state index contributed by atoms with van der Waals surface area (Å²) < 4.78 is 6.01. The molecule has 1 aliphatic rings. The summed E-state index contributed by atoms with van der Waals surface area (Å²) in [6.45, 7) is 0.617. The second-order valence-electron chi connectivity index (χ2n) is 5.02. The van der Waals surface area contributed by atoms with E-state index >= 15 is 0 Å². The molecule has 0 radical (unpaired) electrons. The maximum absolute atomic E-state index is 6.01. The van der Waals surface area contributed by atoms with Crippen molar-refractivity contribution in [2.24, 2.45) is 0 Å². The highest BCUT2D eigenvalue weighted by molar-refractivity contribution is 5.95. The molecule has 0 unspecified atom stereocenters. The maximum atomic E-state index is 6.01. The van der Waals surface area contributed by atoms with Gasteiger partial charge in [-0.15, -0.1) is 0 Å². The van der Waals surface area contributed by atoms with Gasteiger partial charge in [-0.1, -0.05) is 66.7 Å². The van der Waals surface area contributed by atoms with E-state index in [9.17, 15) is 0 Å². The Morgan fingerprint density at radius 1 is 0.750 bits per heavy atom. The van der Waals surface area contributed by atoms with Crippen molar-refractivity contribution in [3.05, 3.63) is 77.4 Å². The molecule has 0 saturated heterocycles. The third-order valence-corrected chi connectivity index (χ3v) is 3.80. The fraction of sp³-hybridized carbons (Fsp3) is 0.0526. The zero-order valence-electron chi connectivity index (χ0n) is 11.0. The van der Waals surface area contributed by atoms with Crippen molar-refractivity contribution in [2.45, 2.75) is 6.61 Å². The van der Waals surface area contributed by atoms with Crippen LogP contribution in [0.1, 0.15) is 16.7 Å². The standard InChI is InChI=1S/C19H14O/c1-2-7-16-13-20-19-12-10-15-6-3-4-8-17(15)18(19)11-9-14(16)5-1/h1-12H,13H2/b11-9-. The monoisotopic (exact) mass is 258 g/mol. The lowest BCUT2D eigenvalue weighted by atomic mass is 10.00. The van der Waals surface area contributed by atoms with Gasteiger partial charge in [-0.3, -0.25) is 0 Å². The van der Waals surface area contributed by atoms with Crippen molar-refractivity contribution in [2.75, 3.05) is 0 Å². The van der Waals surface area contributed by atoms with E-state index in [-0.39, 0.29) is 0 Å². The van der Waals surface area contributed by atoms with Gasteiger partial charge < -0.3 is 4.74 Å². The molecule has 4 rings (SSSR count). The Hall–Kier alpha value is -2.54. The Balaban J connectivity index is 1.96. The molecule has 96 valence electrons. The fourth-order valence-corrected chi connectivity index (χ4v) is 2.73. The van der Waals surface area contributed by atoms with Gasteiger partial charge in [0.05, 0.1) is 0 Å². The molecule has 0 atom stereocenters. The predicted octanol–water partition coefficient (Wildman–Crippen LogP) is 4.90. The summed E-state index contributed by atoms with van der Waals surface area (Å²) in [7, 11) is 0. The first-order chi connectivity index (χ1) is 9.92. The van der Waals surface area contributed by atoms with E-state index in [2.05, 4.69) is 72.8 Å². The van der Waals surface area contributed by atoms with Crippen molar-refractivity contribution >= 4 is 22.9 Å². The summed E-state index contributed by atoms with van der Waals surface area (Å²) in [6, 6.07) is 21.0. The highest BCUT2D eigenvalue weighted by Crippen LogP contribution is 2.32. The van der Waals surface area contributed by atoms with Gasteiger partial charge in [-0.2, -0.15) is 0 Å². The average molecular weight is 258 g/mol. The zero-order chi connectivity index (χ0) is 13.4. The van der Waals surface area contributed by atoms with Gasteiger partial charge in [0.15, 0.2) is 0 Å². The molecular formula is C19H14O. The van der Waals surface area contributed by atoms with Crippen molar-refractivity contribution in [1.29, 1.82) is 0 Å². The van der Waals surface area contributed by atoms with Gasteiger partial charge in [0, 0.05) is 5.56 Å². The first-order valence-electron chi connectivity index (χ1n) is 6.82. The minimum atomic E-state index is 0.617. The molecule has 0 aliphatic carbocycles. The van der Waals surface area contributed by atoms with Crippen LogP contribution < -0.4 is 4.74 Å². The molecule has 20 heavy (non-hydrogen) atoms. The summed E-state index contributed by atoms with van der Waals surface area (Å²) in [5.41, 5.74) is 3.62. The normalized spacial score (nSPS) is 14.6. The second-order valence-corrected chi connectivity index (χ2v) is 5.02. The highest BCUT2D eigenvalue weighted by atomic mass is 16.5. The molecule has 0 saturated carbocycles. The van der Waals surface area contributed by atoms with Crippen LogP contribution in [0.2, 0.25) is 0 Å². The molecule has 0 spiro atoms. The highest BCUT2D eigenvalue weighted by Gasteiger charge is 2.10. The molecule has 1 aliphatic heterocycles. The van der Waals surface area contributed by atoms with Crippen molar-refractivity contribution in [3.8, 4) is 5.75 Å². The quantitative estimate of drug-likeness (QED) is 0.557. The zero-order valence-corrected chi connectivity index (χ0v) is 11.0. The van der Waals surface area contributed by atoms with E-state index < -0.39 is 0 Å². The summed E-state index contributed by atoms with van der Waals surface area (Å²) in [5.74, 6) is 0.953. The van der Waals surface area contributed by atoms with Crippen LogP contribution in [0.25, 0.3) is 22.9 Å². The van der Waals surface area contributed by atoms with Crippen LogP contribution >= 0.6 is 0 Å². The van der Waals surface area contributed by atoms with Gasteiger partial charge >= 0.3 is 0 Å². The number of hydrogen-bond donors (Lipinski definition) is 0. The summed E-state index contributed by atoms with van der Waals surface area (Å²) in [5, 5.41) is 2.48. The molecule has 0 bridgehead atoms. The largest absolute Gasteiger partial charge is 0.488 e. The number of ether oxygens (including phenoxy) is 1. The Labute approximate surface area is 118 Å². The first-order valence-corrected chi connectivity index (χ1v) is 6.82. The Morgan fingerprint density at radius 2 is 1.60 bits per heavy atom. The molecule has 0 N–H and O–H groups in total. The summed E-state index contributed by atoms with van der Waals surface area (Å²) in [4.78, 5) is 0. The van der Waals surface area contributed by atoms with Crippen LogP contribution in [-0.2, 0) is 6.61 Å². The van der Waals surface area contributed by atoms with E-state index in [1.807, 2.05) is 0 Å². The van der Waals surface area contributed by atoms with Crippen LogP contribution in [0.4, 0.5) is 0 Å². The lowest BCUT2D eigenvalue weighted by Gasteiger charge is -2.16. The smallest absolute Gasteiger partial charge is 0.127 e.